The standard InChI is InChI=1S/C16H24N4O2/c1-3-13(4-2)19-15(21)9-10-16(22)20-14-7-5-12(6-8-14)11-18-17/h5-8,11,13H,3-4,9-10,17H2,1-2H3,(H,19,21)(H,20,22). The maximum absolute atomic E-state index is 11.8. The Kier molecular flexibility index (Phi) is 7.67. The van der Waals surface area contributed by atoms with E-state index in [9.17, 15) is 9.59 Å². The van der Waals surface area contributed by atoms with Gasteiger partial charge >= 0.3 is 0 Å². The second-order valence-corrected chi connectivity index (χ2v) is 5.03. The molecule has 0 aliphatic rings. The number of nitrogens with one attached hydrogen (secondary N) is 2. The highest BCUT2D eigenvalue weighted by atomic mass is 16.2. The summed E-state index contributed by atoms with van der Waals surface area (Å²) in [5.41, 5.74) is 1.53. The lowest BCUT2D eigenvalue weighted by Crippen LogP contribution is -2.34. The van der Waals surface area contributed by atoms with Gasteiger partial charge in [-0.1, -0.05) is 26.0 Å². The number of hydrazone groups is 1. The molecule has 4 N–H and O–H groups in total. The molecule has 0 radical (unpaired) electrons. The van der Waals surface area contributed by atoms with Crippen molar-refractivity contribution in [1.29, 1.82) is 0 Å². The van der Waals surface area contributed by atoms with Crippen LogP contribution in [0.2, 0.25) is 0 Å². The van der Waals surface area contributed by atoms with Gasteiger partial charge in [-0.15, -0.1) is 0 Å². The van der Waals surface area contributed by atoms with Gasteiger partial charge in [-0.2, -0.15) is 5.10 Å². The van der Waals surface area contributed by atoms with Crippen molar-refractivity contribution in [2.75, 3.05) is 5.32 Å². The number of hydrogen-bond donors (Lipinski definition) is 3. The van der Waals surface area contributed by atoms with Crippen molar-refractivity contribution < 1.29 is 9.59 Å². The molecule has 0 saturated heterocycles. The summed E-state index contributed by atoms with van der Waals surface area (Å²) in [5, 5.41) is 9.09. The Labute approximate surface area is 131 Å². The highest BCUT2D eigenvalue weighted by Crippen LogP contribution is 2.09. The van der Waals surface area contributed by atoms with Gasteiger partial charge in [0, 0.05) is 24.6 Å². The van der Waals surface area contributed by atoms with Crippen LogP contribution in [0.5, 0.6) is 0 Å². The summed E-state index contributed by atoms with van der Waals surface area (Å²) in [6, 6.07) is 7.31. The minimum atomic E-state index is -0.181. The van der Waals surface area contributed by atoms with Gasteiger partial charge in [0.1, 0.15) is 0 Å². The molecule has 0 aromatic heterocycles. The first kappa shape index (κ1) is 17.7. The molecule has 1 rings (SSSR count). The summed E-state index contributed by atoms with van der Waals surface area (Å²) in [6.45, 7) is 4.06. The van der Waals surface area contributed by atoms with E-state index in [2.05, 4.69) is 15.7 Å². The Morgan fingerprint density at radius 3 is 2.27 bits per heavy atom. The van der Waals surface area contributed by atoms with Crippen LogP contribution in [-0.2, 0) is 9.59 Å². The largest absolute Gasteiger partial charge is 0.353 e. The van der Waals surface area contributed by atoms with E-state index in [-0.39, 0.29) is 30.7 Å². The van der Waals surface area contributed by atoms with Gasteiger partial charge in [0.2, 0.25) is 11.8 Å². The summed E-state index contributed by atoms with van der Waals surface area (Å²) in [7, 11) is 0. The SMILES string of the molecule is CCC(CC)NC(=O)CCC(=O)Nc1ccc(C=NN)cc1. The normalized spacial score (nSPS) is 10.9. The second kappa shape index (κ2) is 9.55. The van der Waals surface area contributed by atoms with E-state index in [0.29, 0.717) is 5.69 Å². The molecule has 1 aromatic carbocycles. The lowest BCUT2D eigenvalue weighted by atomic mass is 10.1. The average Bonchev–Trinajstić information content (AvgIpc) is 2.53. The first-order chi connectivity index (χ1) is 10.6. The molecule has 0 heterocycles. The molecular weight excluding hydrogens is 280 g/mol. The summed E-state index contributed by atoms with van der Waals surface area (Å²) < 4.78 is 0. The molecule has 0 spiro atoms. The summed E-state index contributed by atoms with van der Waals surface area (Å²) in [6.07, 6.45) is 3.67. The molecule has 0 atom stereocenters. The van der Waals surface area contributed by atoms with Crippen LogP contribution >= 0.6 is 0 Å². The first-order valence-electron chi connectivity index (χ1n) is 7.51. The monoisotopic (exact) mass is 304 g/mol. The van der Waals surface area contributed by atoms with Gasteiger partial charge in [0.25, 0.3) is 0 Å². The fourth-order valence-electron chi connectivity index (χ4n) is 1.98. The van der Waals surface area contributed by atoms with Crippen molar-refractivity contribution in [2.24, 2.45) is 10.9 Å². The maximum atomic E-state index is 11.8. The van der Waals surface area contributed by atoms with Gasteiger partial charge in [-0.25, -0.2) is 0 Å². The van der Waals surface area contributed by atoms with Gasteiger partial charge in [0.15, 0.2) is 0 Å². The third kappa shape index (κ3) is 6.39. The van der Waals surface area contributed by atoms with E-state index in [1.54, 1.807) is 24.3 Å². The van der Waals surface area contributed by atoms with Crippen LogP contribution < -0.4 is 16.5 Å². The van der Waals surface area contributed by atoms with Gasteiger partial charge in [-0.3, -0.25) is 9.59 Å². The fourth-order valence-corrected chi connectivity index (χ4v) is 1.98. The van der Waals surface area contributed by atoms with E-state index in [0.717, 1.165) is 18.4 Å². The third-order valence-electron chi connectivity index (χ3n) is 3.35. The fraction of sp³-hybridized carbons (Fsp3) is 0.438. The van der Waals surface area contributed by atoms with E-state index >= 15 is 0 Å². The van der Waals surface area contributed by atoms with Crippen molar-refractivity contribution >= 4 is 23.7 Å². The van der Waals surface area contributed by atoms with Gasteiger partial charge in [0.05, 0.1) is 6.21 Å². The Morgan fingerprint density at radius 1 is 1.14 bits per heavy atom. The average molecular weight is 304 g/mol. The van der Waals surface area contributed by atoms with E-state index in [4.69, 9.17) is 5.84 Å². The van der Waals surface area contributed by atoms with Crippen molar-refractivity contribution in [1.82, 2.24) is 5.32 Å². The zero-order chi connectivity index (χ0) is 16.4. The van der Waals surface area contributed by atoms with E-state index < -0.39 is 0 Å². The highest BCUT2D eigenvalue weighted by molar-refractivity contribution is 5.93. The number of carbonyl (C=O) groups is 2. The van der Waals surface area contributed by atoms with Gasteiger partial charge in [-0.05, 0) is 30.5 Å². The predicted octanol–water partition coefficient (Wildman–Crippen LogP) is 2.00. The molecular formula is C16H24N4O2. The number of rotatable bonds is 8. The summed E-state index contributed by atoms with van der Waals surface area (Å²) >= 11 is 0. The molecule has 22 heavy (non-hydrogen) atoms. The predicted molar refractivity (Wildman–Crippen MR) is 88.6 cm³/mol. The highest BCUT2D eigenvalue weighted by Gasteiger charge is 2.10. The van der Waals surface area contributed by atoms with Crippen molar-refractivity contribution in [3.05, 3.63) is 29.8 Å². The van der Waals surface area contributed by atoms with Crippen LogP contribution in [0.15, 0.2) is 29.4 Å². The Hall–Kier alpha value is -2.37. The second-order valence-electron chi connectivity index (χ2n) is 5.03. The number of hydrogen-bond acceptors (Lipinski definition) is 4. The third-order valence-corrected chi connectivity index (χ3v) is 3.35. The van der Waals surface area contributed by atoms with Crippen LogP contribution in [0.3, 0.4) is 0 Å². The number of benzene rings is 1. The van der Waals surface area contributed by atoms with Crippen LogP contribution in [0.25, 0.3) is 0 Å². The van der Waals surface area contributed by atoms with E-state index in [1.165, 1.54) is 6.21 Å². The van der Waals surface area contributed by atoms with Crippen LogP contribution in [0.4, 0.5) is 5.69 Å². The van der Waals surface area contributed by atoms with Gasteiger partial charge < -0.3 is 16.5 Å². The lowest BCUT2D eigenvalue weighted by Gasteiger charge is -2.14. The first-order valence-corrected chi connectivity index (χ1v) is 7.51. The summed E-state index contributed by atoms with van der Waals surface area (Å²) in [5.74, 6) is 4.80. The number of nitrogens with zero attached hydrogens (tertiary/aromatic N) is 1. The van der Waals surface area contributed by atoms with Crippen LogP contribution in [-0.4, -0.2) is 24.1 Å². The smallest absolute Gasteiger partial charge is 0.224 e. The molecule has 2 amide bonds. The minimum Gasteiger partial charge on any atom is -0.353 e. The molecule has 0 saturated carbocycles. The number of amides is 2. The van der Waals surface area contributed by atoms with E-state index in [1.807, 2.05) is 13.8 Å². The molecule has 0 fully saturated rings. The molecule has 120 valence electrons. The topological polar surface area (TPSA) is 96.6 Å². The zero-order valence-corrected chi connectivity index (χ0v) is 13.1. The van der Waals surface area contributed by atoms with Crippen LogP contribution in [0.1, 0.15) is 45.1 Å². The van der Waals surface area contributed by atoms with Crippen LogP contribution in [0, 0.1) is 0 Å². The molecule has 6 heteroatoms. The maximum Gasteiger partial charge on any atom is 0.224 e. The molecule has 1 aromatic rings. The molecule has 6 nitrogen and oxygen atoms in total. The van der Waals surface area contributed by atoms with Crippen molar-refractivity contribution in [2.45, 2.75) is 45.6 Å². The Bertz CT molecular complexity index is 507. The zero-order valence-electron chi connectivity index (χ0n) is 13.1. The Balaban J connectivity index is 2.38. The van der Waals surface area contributed by atoms with Crippen molar-refractivity contribution in [3.8, 4) is 0 Å². The molecule has 0 bridgehead atoms. The minimum absolute atomic E-state index is 0.0849. The molecule has 0 unspecified atom stereocenters. The molecule has 0 aliphatic heterocycles. The number of nitrogens with two attached hydrogens (primary N) is 1. The summed E-state index contributed by atoms with van der Waals surface area (Å²) in [4.78, 5) is 23.5. The quantitative estimate of drug-likeness (QED) is 0.389. The molecule has 0 aliphatic carbocycles. The number of anilines is 1. The lowest BCUT2D eigenvalue weighted by molar-refractivity contribution is -0.124. The Morgan fingerprint density at radius 2 is 1.73 bits per heavy atom. The number of carbonyl (C=O) groups excluding carboxylic acids is 2. The van der Waals surface area contributed by atoms with Crippen molar-refractivity contribution in [3.63, 3.8) is 0 Å².